The van der Waals surface area contributed by atoms with Crippen LogP contribution in [0.2, 0.25) is 0 Å². The minimum Gasteiger partial charge on any atom is -0.308 e. The molecule has 0 N–H and O–H groups in total. The van der Waals surface area contributed by atoms with Crippen LogP contribution in [0.3, 0.4) is 0 Å². The van der Waals surface area contributed by atoms with E-state index in [0.29, 0.717) is 16.7 Å². The Morgan fingerprint density at radius 2 is 0.638 bits per heavy atom. The highest BCUT2D eigenvalue weighted by Crippen LogP contribution is 2.46. The molecule has 12 rings (SSSR count). The zero-order chi connectivity index (χ0) is 46.9. The summed E-state index contributed by atoms with van der Waals surface area (Å²) in [5.74, 6) is -10.5. The van der Waals surface area contributed by atoms with Gasteiger partial charge in [-0.05, 0) is 105 Å². The molecule has 2 heterocycles. The lowest BCUT2D eigenvalue weighted by molar-refractivity contribution is 0.381. The summed E-state index contributed by atoms with van der Waals surface area (Å²) < 4.78 is 82.0. The summed E-state index contributed by atoms with van der Waals surface area (Å²) in [5, 5.41) is 14.9. The van der Waals surface area contributed by atoms with Crippen LogP contribution in [0.1, 0.15) is 5.56 Å². The second kappa shape index (κ2) is 16.4. The largest absolute Gasteiger partial charge is 0.308 e. The summed E-state index contributed by atoms with van der Waals surface area (Å²) in [6.07, 6.45) is 0. The Hall–Kier alpha value is -9.06. The second-order valence-electron chi connectivity index (χ2n) is 17.0. The van der Waals surface area contributed by atoms with Gasteiger partial charge in [0.25, 0.3) is 0 Å². The first-order valence-electron chi connectivity index (χ1n) is 22.3. The molecular formula is C61H34F5N3. The van der Waals surface area contributed by atoms with Crippen LogP contribution in [0.4, 0.5) is 22.0 Å². The molecule has 0 aliphatic carbocycles. The summed E-state index contributed by atoms with van der Waals surface area (Å²) in [4.78, 5) is 0. The van der Waals surface area contributed by atoms with Crippen LogP contribution in [0.25, 0.3) is 111 Å². The standard InChI is InChI=1S/C61H34F5N3/c62-56-55(57(63)59(65)60(66)58(56)64)44-25-30-54(68-50-26-21-40(36-13-5-1-6-14-36)31-45(50)46-32-41(22-27-51(46)68)37-15-7-2-8-16-37)49(35-67)61(44)69-52-28-23-42(38-17-9-3-10-18-38)33-47(52)48-34-43(24-29-53(48)69)39-19-11-4-12-20-39/h1-34H. The Morgan fingerprint density at radius 1 is 0.319 bits per heavy atom. The SMILES string of the molecule is N#Cc1c(-n2c3ccc(-c4ccccc4)cc3c3cc(-c4ccccc4)ccc32)ccc(-c2c(F)c(F)c(F)c(F)c2F)c1-n1c2ccc(-c3ccccc3)cc2c2cc(-c3ccccc3)ccc21. The number of aromatic nitrogens is 2. The molecule has 2 aromatic heterocycles. The van der Waals surface area contributed by atoms with Crippen molar-refractivity contribution in [1.29, 1.82) is 5.26 Å². The molecule has 0 fully saturated rings. The van der Waals surface area contributed by atoms with Crippen LogP contribution in [0.5, 0.6) is 0 Å². The summed E-state index contributed by atoms with van der Waals surface area (Å²) >= 11 is 0. The van der Waals surface area contributed by atoms with Gasteiger partial charge in [-0.15, -0.1) is 0 Å². The normalized spacial score (nSPS) is 11.5. The molecule has 0 atom stereocenters. The van der Waals surface area contributed by atoms with E-state index in [1.165, 1.54) is 12.1 Å². The monoisotopic (exact) mass is 903 g/mol. The van der Waals surface area contributed by atoms with Crippen molar-refractivity contribution in [3.05, 3.63) is 241 Å². The van der Waals surface area contributed by atoms with Gasteiger partial charge in [0.1, 0.15) is 11.6 Å². The van der Waals surface area contributed by atoms with E-state index < -0.39 is 34.6 Å². The van der Waals surface area contributed by atoms with Crippen LogP contribution in [-0.2, 0) is 0 Å². The van der Waals surface area contributed by atoms with Crippen LogP contribution in [0, 0.1) is 40.4 Å². The van der Waals surface area contributed by atoms with Crippen molar-refractivity contribution in [1.82, 2.24) is 9.13 Å². The smallest absolute Gasteiger partial charge is 0.200 e. The maximum atomic E-state index is 16.4. The van der Waals surface area contributed by atoms with Crippen molar-refractivity contribution in [2.24, 2.45) is 0 Å². The first-order chi connectivity index (χ1) is 33.8. The predicted molar refractivity (Wildman–Crippen MR) is 267 cm³/mol. The average Bonchev–Trinajstić information content (AvgIpc) is 3.91. The van der Waals surface area contributed by atoms with E-state index >= 15 is 17.6 Å². The molecule has 0 saturated heterocycles. The molecule has 69 heavy (non-hydrogen) atoms. The second-order valence-corrected chi connectivity index (χ2v) is 17.0. The van der Waals surface area contributed by atoms with Gasteiger partial charge in [-0.2, -0.15) is 5.26 Å². The summed E-state index contributed by atoms with van der Waals surface area (Å²) in [7, 11) is 0. The zero-order valence-electron chi connectivity index (χ0n) is 36.4. The summed E-state index contributed by atoms with van der Waals surface area (Å²) in [6, 6.07) is 68.6. The van der Waals surface area contributed by atoms with Gasteiger partial charge in [0, 0.05) is 27.1 Å². The molecule has 12 aromatic rings. The third kappa shape index (κ3) is 6.62. The maximum absolute atomic E-state index is 16.4. The van der Waals surface area contributed by atoms with Crippen molar-refractivity contribution >= 4 is 43.6 Å². The van der Waals surface area contributed by atoms with E-state index in [0.717, 1.165) is 77.1 Å². The molecule has 328 valence electrons. The number of fused-ring (bicyclic) bond motifs is 6. The molecule has 0 radical (unpaired) electrons. The quantitative estimate of drug-likeness (QED) is 0.0891. The minimum atomic E-state index is -2.28. The maximum Gasteiger partial charge on any atom is 0.200 e. The number of halogens is 5. The zero-order valence-corrected chi connectivity index (χ0v) is 36.4. The Kier molecular flexibility index (Phi) is 9.82. The first kappa shape index (κ1) is 41.4. The Bertz CT molecular complexity index is 3840. The van der Waals surface area contributed by atoms with Gasteiger partial charge < -0.3 is 9.13 Å². The van der Waals surface area contributed by atoms with Crippen LogP contribution >= 0.6 is 0 Å². The fourth-order valence-electron chi connectivity index (χ4n) is 9.94. The van der Waals surface area contributed by atoms with Crippen LogP contribution in [-0.4, -0.2) is 9.13 Å². The van der Waals surface area contributed by atoms with Gasteiger partial charge in [0.05, 0.1) is 39.0 Å². The van der Waals surface area contributed by atoms with Gasteiger partial charge in [-0.25, -0.2) is 22.0 Å². The van der Waals surface area contributed by atoms with E-state index in [9.17, 15) is 9.65 Å². The van der Waals surface area contributed by atoms with E-state index in [-0.39, 0.29) is 16.8 Å². The number of nitrogens with zero attached hydrogens (tertiary/aromatic N) is 3. The van der Waals surface area contributed by atoms with Gasteiger partial charge in [-0.1, -0.05) is 146 Å². The van der Waals surface area contributed by atoms with Crippen molar-refractivity contribution < 1.29 is 22.0 Å². The van der Waals surface area contributed by atoms with Crippen molar-refractivity contribution in [3.63, 3.8) is 0 Å². The first-order valence-corrected chi connectivity index (χ1v) is 22.3. The van der Waals surface area contributed by atoms with Gasteiger partial charge in [-0.3, -0.25) is 0 Å². The molecule has 0 aliphatic rings. The summed E-state index contributed by atoms with van der Waals surface area (Å²) in [5.41, 5.74) is 8.81. The van der Waals surface area contributed by atoms with Crippen LogP contribution in [0.15, 0.2) is 206 Å². The molecule has 3 nitrogen and oxygen atoms in total. The highest BCUT2D eigenvalue weighted by Gasteiger charge is 2.32. The van der Waals surface area contributed by atoms with E-state index in [2.05, 4.69) is 18.2 Å². The van der Waals surface area contributed by atoms with Crippen molar-refractivity contribution in [2.45, 2.75) is 0 Å². The highest BCUT2D eigenvalue weighted by atomic mass is 19.2. The predicted octanol–water partition coefficient (Wildman–Crippen LogP) is 16.8. The van der Waals surface area contributed by atoms with E-state index in [4.69, 9.17) is 0 Å². The number of nitriles is 1. The third-order valence-electron chi connectivity index (χ3n) is 13.2. The highest BCUT2D eigenvalue weighted by molar-refractivity contribution is 6.14. The number of hydrogen-bond donors (Lipinski definition) is 0. The van der Waals surface area contributed by atoms with Gasteiger partial charge in [0.15, 0.2) is 23.3 Å². The minimum absolute atomic E-state index is 0.0602. The number of hydrogen-bond acceptors (Lipinski definition) is 1. The molecule has 8 heteroatoms. The molecule has 0 saturated carbocycles. The topological polar surface area (TPSA) is 33.6 Å². The fraction of sp³-hybridized carbons (Fsp3) is 0. The molecule has 0 unspecified atom stereocenters. The van der Waals surface area contributed by atoms with Crippen LogP contribution < -0.4 is 0 Å². The Labute approximate surface area is 392 Å². The molecule has 0 aliphatic heterocycles. The lowest BCUT2D eigenvalue weighted by atomic mass is 9.96. The van der Waals surface area contributed by atoms with Gasteiger partial charge in [0.2, 0.25) is 5.82 Å². The lowest BCUT2D eigenvalue weighted by Gasteiger charge is -2.21. The summed E-state index contributed by atoms with van der Waals surface area (Å²) in [6.45, 7) is 0. The van der Waals surface area contributed by atoms with E-state index in [1.54, 1.807) is 4.57 Å². The molecule has 0 spiro atoms. The van der Waals surface area contributed by atoms with Gasteiger partial charge >= 0.3 is 0 Å². The van der Waals surface area contributed by atoms with Crippen molar-refractivity contribution in [3.8, 4) is 73.1 Å². The van der Waals surface area contributed by atoms with Crippen molar-refractivity contribution in [2.75, 3.05) is 0 Å². The number of rotatable bonds is 7. The Balaban J connectivity index is 1.22. The Morgan fingerprint density at radius 3 is 0.971 bits per heavy atom. The molecule has 0 bridgehead atoms. The molecular weight excluding hydrogens is 870 g/mol. The third-order valence-corrected chi connectivity index (χ3v) is 13.2. The molecule has 10 aromatic carbocycles. The lowest BCUT2D eigenvalue weighted by Crippen LogP contribution is -2.10. The fourth-order valence-corrected chi connectivity index (χ4v) is 9.94. The van der Waals surface area contributed by atoms with E-state index in [1.807, 2.05) is 187 Å². The average molecular weight is 904 g/mol. The molecule has 0 amide bonds. The number of benzene rings is 10.